The number of ether oxygens (including phenoxy) is 1. The van der Waals surface area contributed by atoms with Gasteiger partial charge < -0.3 is 9.64 Å². The molecule has 1 fully saturated rings. The van der Waals surface area contributed by atoms with Gasteiger partial charge in [-0.15, -0.1) is 24.5 Å². The average molecular weight is 549 g/mol. The summed E-state index contributed by atoms with van der Waals surface area (Å²) >= 11 is 1.47. The normalized spacial score (nSPS) is 15.2. The number of benzene rings is 3. The zero-order chi connectivity index (χ0) is 27.6. The Kier molecular flexibility index (Phi) is 7.37. The summed E-state index contributed by atoms with van der Waals surface area (Å²) in [7, 11) is 0. The monoisotopic (exact) mass is 548 g/mol. The highest BCUT2D eigenvalue weighted by molar-refractivity contribution is 7.09. The fourth-order valence-corrected chi connectivity index (χ4v) is 5.66. The molecule has 1 aliphatic rings. The third-order valence-corrected chi connectivity index (χ3v) is 7.44. The molecule has 1 aliphatic heterocycles. The van der Waals surface area contributed by atoms with Crippen molar-refractivity contribution in [3.63, 3.8) is 0 Å². The summed E-state index contributed by atoms with van der Waals surface area (Å²) in [5, 5.41) is 9.80. The van der Waals surface area contributed by atoms with Gasteiger partial charge in [-0.2, -0.15) is 5.26 Å². The van der Waals surface area contributed by atoms with Crippen LogP contribution in [0.5, 0.6) is 5.75 Å². The van der Waals surface area contributed by atoms with Crippen molar-refractivity contribution in [2.45, 2.75) is 19.3 Å². The van der Waals surface area contributed by atoms with Crippen molar-refractivity contribution in [3.05, 3.63) is 100 Å². The largest absolute Gasteiger partial charge is 0.573 e. The number of carbonyl (C=O) groups excluding carboxylic acids is 1. The second kappa shape index (κ2) is 10.9. The number of hydrogen-bond acceptors (Lipinski definition) is 6. The first-order chi connectivity index (χ1) is 18.7. The van der Waals surface area contributed by atoms with Crippen molar-refractivity contribution in [2.24, 2.45) is 0 Å². The second-order valence-corrected chi connectivity index (χ2v) is 10.0. The molecule has 5 rings (SSSR count). The SMILES string of the molecule is Cc1ccccc1-c1cc(C(c2cncs2)N2CCN(c3cccc(OC(F)(F)F)c3)C(=O)C2)ccc1C#N. The third-order valence-electron chi connectivity index (χ3n) is 6.61. The summed E-state index contributed by atoms with van der Waals surface area (Å²) in [6.07, 6.45) is -3.04. The number of amides is 1. The summed E-state index contributed by atoms with van der Waals surface area (Å²) in [5.74, 6) is -0.619. The minimum absolute atomic E-state index is 0.0482. The molecule has 0 spiro atoms. The maximum Gasteiger partial charge on any atom is 0.573 e. The van der Waals surface area contributed by atoms with Crippen LogP contribution in [0, 0.1) is 18.3 Å². The molecule has 4 aromatic rings. The van der Waals surface area contributed by atoms with E-state index in [4.69, 9.17) is 0 Å². The highest BCUT2D eigenvalue weighted by atomic mass is 32.1. The molecule has 39 heavy (non-hydrogen) atoms. The first kappa shape index (κ1) is 26.4. The van der Waals surface area contributed by atoms with E-state index < -0.39 is 6.36 Å². The number of nitrogens with zero attached hydrogens (tertiary/aromatic N) is 4. The molecule has 1 amide bonds. The number of rotatable bonds is 6. The molecule has 0 N–H and O–H groups in total. The zero-order valence-electron chi connectivity index (χ0n) is 20.9. The Morgan fingerprint density at radius 1 is 1.05 bits per heavy atom. The van der Waals surface area contributed by atoms with Crippen LogP contribution in [-0.4, -0.2) is 41.8 Å². The second-order valence-electron chi connectivity index (χ2n) is 9.10. The predicted octanol–water partition coefficient (Wildman–Crippen LogP) is 6.33. The van der Waals surface area contributed by atoms with Gasteiger partial charge in [-0.25, -0.2) is 0 Å². The molecule has 1 unspecified atom stereocenters. The number of halogens is 3. The maximum atomic E-state index is 13.3. The highest BCUT2D eigenvalue weighted by Gasteiger charge is 2.34. The zero-order valence-corrected chi connectivity index (χ0v) is 21.7. The quantitative estimate of drug-likeness (QED) is 0.282. The Morgan fingerprint density at radius 2 is 1.87 bits per heavy atom. The molecule has 0 saturated carbocycles. The fraction of sp³-hybridized carbons (Fsp3) is 0.207. The minimum atomic E-state index is -4.82. The Morgan fingerprint density at radius 3 is 2.56 bits per heavy atom. The van der Waals surface area contributed by atoms with Crippen LogP contribution in [0.4, 0.5) is 18.9 Å². The lowest BCUT2D eigenvalue weighted by Gasteiger charge is -2.38. The van der Waals surface area contributed by atoms with E-state index in [0.717, 1.165) is 27.1 Å². The van der Waals surface area contributed by atoms with Crippen LogP contribution < -0.4 is 9.64 Å². The van der Waals surface area contributed by atoms with Crippen molar-refractivity contribution in [3.8, 4) is 22.9 Å². The van der Waals surface area contributed by atoms with E-state index in [2.05, 4.69) is 15.8 Å². The Labute approximate surface area is 227 Å². The van der Waals surface area contributed by atoms with Crippen LogP contribution in [0.2, 0.25) is 0 Å². The minimum Gasteiger partial charge on any atom is -0.406 e. The van der Waals surface area contributed by atoms with Crippen LogP contribution in [0.3, 0.4) is 0 Å². The van der Waals surface area contributed by atoms with Crippen LogP contribution in [0.1, 0.15) is 27.6 Å². The fourth-order valence-electron chi connectivity index (χ4n) is 4.88. The summed E-state index contributed by atoms with van der Waals surface area (Å²) in [6.45, 7) is 2.80. The van der Waals surface area contributed by atoms with Crippen LogP contribution in [0.25, 0.3) is 11.1 Å². The summed E-state index contributed by atoms with van der Waals surface area (Å²) in [6, 6.07) is 21.0. The Balaban J connectivity index is 1.46. The van der Waals surface area contributed by atoms with Gasteiger partial charge in [0.1, 0.15) is 5.75 Å². The molecule has 1 saturated heterocycles. The lowest BCUT2D eigenvalue weighted by molar-refractivity contribution is -0.274. The smallest absolute Gasteiger partial charge is 0.406 e. The van der Waals surface area contributed by atoms with E-state index in [1.165, 1.54) is 34.4 Å². The number of carbonyl (C=O) groups is 1. The van der Waals surface area contributed by atoms with Crippen LogP contribution in [-0.2, 0) is 4.79 Å². The summed E-state index contributed by atoms with van der Waals surface area (Å²) < 4.78 is 42.1. The molecule has 0 bridgehead atoms. The highest BCUT2D eigenvalue weighted by Crippen LogP contribution is 2.37. The van der Waals surface area contributed by atoms with Gasteiger partial charge in [0.05, 0.1) is 29.7 Å². The molecule has 10 heteroatoms. The topological polar surface area (TPSA) is 69.5 Å². The van der Waals surface area contributed by atoms with Crippen molar-refractivity contribution in [1.29, 1.82) is 5.26 Å². The lowest BCUT2D eigenvalue weighted by atomic mass is 9.92. The van der Waals surface area contributed by atoms with E-state index in [9.17, 15) is 23.2 Å². The standard InChI is InChI=1S/C29H23F3N4O2S/c1-19-5-2-3-8-24(19)25-13-20(9-10-21(25)15-33)28(26-16-34-18-39-26)35-11-12-36(27(37)17-35)22-6-4-7-23(14-22)38-29(30,31)32/h2-10,13-14,16,18,28H,11-12,17H2,1H3. The van der Waals surface area contributed by atoms with Gasteiger partial charge in [0.15, 0.2) is 0 Å². The molecule has 3 aromatic carbocycles. The van der Waals surface area contributed by atoms with Gasteiger partial charge in [-0.3, -0.25) is 14.7 Å². The number of hydrogen-bond donors (Lipinski definition) is 0. The molecule has 2 heterocycles. The number of alkyl halides is 3. The molecular weight excluding hydrogens is 525 g/mol. The molecule has 6 nitrogen and oxygen atoms in total. The van der Waals surface area contributed by atoms with Gasteiger partial charge in [0.25, 0.3) is 0 Å². The summed E-state index contributed by atoms with van der Waals surface area (Å²) in [5.41, 5.74) is 6.36. The maximum absolute atomic E-state index is 13.3. The van der Waals surface area contributed by atoms with Gasteiger partial charge in [0, 0.05) is 41.5 Å². The van der Waals surface area contributed by atoms with E-state index in [0.29, 0.717) is 17.8 Å². The number of piperazine rings is 1. The van der Waals surface area contributed by atoms with Crippen molar-refractivity contribution < 1.29 is 22.7 Å². The number of aromatic nitrogens is 1. The number of thiazole rings is 1. The van der Waals surface area contributed by atoms with Gasteiger partial charge in [0.2, 0.25) is 5.91 Å². The number of nitriles is 1. The van der Waals surface area contributed by atoms with Crippen LogP contribution in [0.15, 0.2) is 78.4 Å². The molecular formula is C29H23F3N4O2S. The van der Waals surface area contributed by atoms with E-state index in [-0.39, 0.29) is 30.8 Å². The van der Waals surface area contributed by atoms with E-state index in [1.54, 1.807) is 23.8 Å². The van der Waals surface area contributed by atoms with Gasteiger partial charge >= 0.3 is 6.36 Å². The Hall–Kier alpha value is -4.20. The summed E-state index contributed by atoms with van der Waals surface area (Å²) in [4.78, 5) is 22.0. The van der Waals surface area contributed by atoms with Crippen molar-refractivity contribution in [2.75, 3.05) is 24.5 Å². The molecule has 0 radical (unpaired) electrons. The Bertz CT molecular complexity index is 1530. The van der Waals surface area contributed by atoms with Crippen molar-refractivity contribution in [1.82, 2.24) is 9.88 Å². The van der Waals surface area contributed by atoms with Gasteiger partial charge in [-0.05, 0) is 47.9 Å². The first-order valence-electron chi connectivity index (χ1n) is 12.1. The van der Waals surface area contributed by atoms with E-state index >= 15 is 0 Å². The van der Waals surface area contributed by atoms with Gasteiger partial charge in [-0.1, -0.05) is 36.4 Å². The average Bonchev–Trinajstić information content (AvgIpc) is 3.43. The molecule has 1 aromatic heterocycles. The molecule has 198 valence electrons. The van der Waals surface area contributed by atoms with Crippen LogP contribution >= 0.6 is 11.3 Å². The van der Waals surface area contributed by atoms with Crippen molar-refractivity contribution >= 4 is 22.9 Å². The van der Waals surface area contributed by atoms with E-state index in [1.807, 2.05) is 48.2 Å². The molecule has 1 atom stereocenters. The first-order valence-corrected chi connectivity index (χ1v) is 13.0. The third kappa shape index (κ3) is 5.79. The lowest BCUT2D eigenvalue weighted by Crippen LogP contribution is -2.51. The number of anilines is 1. The predicted molar refractivity (Wildman–Crippen MR) is 142 cm³/mol. The number of aryl methyl sites for hydroxylation is 1. The molecule has 0 aliphatic carbocycles.